The van der Waals surface area contributed by atoms with Crippen LogP contribution in [0.4, 0.5) is 27.5 Å². The Balaban J connectivity index is 1.49. The highest BCUT2D eigenvalue weighted by Crippen LogP contribution is 2.40. The van der Waals surface area contributed by atoms with Crippen molar-refractivity contribution >= 4 is 50.9 Å². The Labute approximate surface area is 238 Å². The first-order valence-corrected chi connectivity index (χ1v) is 14.1. The van der Waals surface area contributed by atoms with Crippen LogP contribution in [-0.2, 0) is 19.4 Å². The van der Waals surface area contributed by atoms with Gasteiger partial charge in [-0.1, -0.05) is 60.1 Å². The van der Waals surface area contributed by atoms with Gasteiger partial charge in [0, 0.05) is 23.4 Å². The number of anilines is 4. The predicted molar refractivity (Wildman–Crippen MR) is 162 cm³/mol. The van der Waals surface area contributed by atoms with Crippen LogP contribution in [-0.4, -0.2) is 55.6 Å². The first-order chi connectivity index (χ1) is 18.9. The molecule has 0 saturated heterocycles. The molecule has 2 aliphatic rings. The van der Waals surface area contributed by atoms with Gasteiger partial charge in [0.15, 0.2) is 0 Å². The van der Waals surface area contributed by atoms with Crippen molar-refractivity contribution in [3.63, 3.8) is 0 Å². The van der Waals surface area contributed by atoms with Crippen LogP contribution >= 0.6 is 15.9 Å². The smallest absolute Gasteiger partial charge is 0.323 e. The quantitative estimate of drug-likeness (QED) is 0.331. The largest absolute Gasteiger partial charge is 0.495 e. The second kappa shape index (κ2) is 11.6. The number of aryl methyl sites for hydroxylation is 2. The molecule has 0 fully saturated rings. The SMILES string of the molecule is CCc1cccc(CC)c1NC(=O)N1Cc2cccc(Nc3ccc(Br)cc3OC)c2N(C2C=NN(C)C2)C1. The van der Waals surface area contributed by atoms with Crippen LogP contribution in [0.2, 0.25) is 0 Å². The number of carbonyl (C=O) groups excluding carboxylic acids is 1. The van der Waals surface area contributed by atoms with E-state index < -0.39 is 0 Å². The van der Waals surface area contributed by atoms with Crippen LogP contribution in [0.25, 0.3) is 0 Å². The number of para-hydroxylation sites is 2. The Bertz CT molecular complexity index is 1370. The summed E-state index contributed by atoms with van der Waals surface area (Å²) in [6.07, 6.45) is 3.68. The van der Waals surface area contributed by atoms with Gasteiger partial charge in [0.25, 0.3) is 0 Å². The van der Waals surface area contributed by atoms with E-state index in [0.717, 1.165) is 69.0 Å². The molecule has 2 N–H and O–H groups in total. The minimum absolute atomic E-state index is 0.0215. The van der Waals surface area contributed by atoms with Gasteiger partial charge in [-0.25, -0.2) is 4.79 Å². The van der Waals surface area contributed by atoms with E-state index in [1.54, 1.807) is 7.11 Å². The minimum Gasteiger partial charge on any atom is -0.495 e. The summed E-state index contributed by atoms with van der Waals surface area (Å²) in [5.74, 6) is 0.744. The number of urea groups is 1. The van der Waals surface area contributed by atoms with Gasteiger partial charge in [-0.15, -0.1) is 0 Å². The Kier molecular flexibility index (Phi) is 7.97. The molecule has 3 aromatic carbocycles. The van der Waals surface area contributed by atoms with Crippen molar-refractivity contribution < 1.29 is 9.53 Å². The van der Waals surface area contributed by atoms with Crippen molar-refractivity contribution in [3.8, 4) is 5.75 Å². The standard InChI is InChI=1S/C30H35BrN6O2/c1-5-20-9-7-10-21(6-2)28(20)34-30(38)36-17-22-11-8-12-26(33-25-14-13-23(31)15-27(25)39-4)29(22)37(19-36)24-16-32-35(3)18-24/h7-16,24,33H,5-6,17-19H2,1-4H3,(H,34,38). The number of fused-ring (bicyclic) bond motifs is 1. The molecule has 1 unspecified atom stereocenters. The van der Waals surface area contributed by atoms with Crippen LogP contribution in [0.15, 0.2) is 64.2 Å². The Morgan fingerprint density at radius 2 is 1.82 bits per heavy atom. The molecule has 0 saturated carbocycles. The number of carbonyl (C=O) groups is 1. The zero-order valence-electron chi connectivity index (χ0n) is 22.9. The lowest BCUT2D eigenvalue weighted by Gasteiger charge is -2.42. The van der Waals surface area contributed by atoms with E-state index in [1.165, 1.54) is 0 Å². The minimum atomic E-state index is -0.0996. The monoisotopic (exact) mass is 590 g/mol. The van der Waals surface area contributed by atoms with Gasteiger partial charge in [-0.2, -0.15) is 5.10 Å². The number of hydrogen-bond acceptors (Lipinski definition) is 6. The molecule has 0 radical (unpaired) electrons. The van der Waals surface area contributed by atoms with Crippen LogP contribution < -0.4 is 20.3 Å². The van der Waals surface area contributed by atoms with E-state index in [4.69, 9.17) is 4.74 Å². The first kappa shape index (κ1) is 26.9. The summed E-state index contributed by atoms with van der Waals surface area (Å²) in [4.78, 5) is 17.9. The van der Waals surface area contributed by atoms with Crippen LogP contribution in [0.5, 0.6) is 5.75 Å². The molecule has 0 spiro atoms. The molecule has 39 heavy (non-hydrogen) atoms. The maximum Gasteiger partial charge on any atom is 0.323 e. The average molecular weight is 592 g/mol. The number of methoxy groups -OCH3 is 1. The summed E-state index contributed by atoms with van der Waals surface area (Å²) in [7, 11) is 3.64. The summed E-state index contributed by atoms with van der Waals surface area (Å²) in [6, 6.07) is 18.3. The van der Waals surface area contributed by atoms with Crippen molar-refractivity contribution in [1.29, 1.82) is 0 Å². The zero-order valence-corrected chi connectivity index (χ0v) is 24.5. The number of halogens is 1. The predicted octanol–water partition coefficient (Wildman–Crippen LogP) is 6.44. The zero-order chi connectivity index (χ0) is 27.5. The third-order valence-electron chi connectivity index (χ3n) is 7.33. The van der Waals surface area contributed by atoms with E-state index in [0.29, 0.717) is 13.2 Å². The van der Waals surface area contributed by atoms with Crippen molar-refractivity contribution in [1.82, 2.24) is 9.91 Å². The molecular formula is C30H35BrN6O2. The molecule has 9 heteroatoms. The van der Waals surface area contributed by atoms with E-state index in [-0.39, 0.29) is 12.1 Å². The lowest BCUT2D eigenvalue weighted by atomic mass is 10.0. The van der Waals surface area contributed by atoms with Gasteiger partial charge < -0.3 is 25.2 Å². The molecular weight excluding hydrogens is 556 g/mol. The summed E-state index contributed by atoms with van der Waals surface area (Å²) < 4.78 is 6.58. The molecule has 8 nitrogen and oxygen atoms in total. The van der Waals surface area contributed by atoms with Crippen LogP contribution in [0.1, 0.15) is 30.5 Å². The molecule has 0 bridgehead atoms. The number of likely N-dealkylation sites (N-methyl/N-ethyl adjacent to an activating group) is 1. The average Bonchev–Trinajstić information content (AvgIpc) is 3.39. The number of hydrazone groups is 1. The molecule has 5 rings (SSSR count). The topological polar surface area (TPSA) is 72.4 Å². The van der Waals surface area contributed by atoms with E-state index in [1.807, 2.05) is 47.4 Å². The number of nitrogens with one attached hydrogen (secondary N) is 2. The lowest BCUT2D eigenvalue weighted by molar-refractivity contribution is 0.204. The van der Waals surface area contributed by atoms with Crippen molar-refractivity contribution in [3.05, 3.63) is 75.8 Å². The highest BCUT2D eigenvalue weighted by molar-refractivity contribution is 9.10. The number of amides is 2. The number of benzene rings is 3. The van der Waals surface area contributed by atoms with Crippen molar-refractivity contribution in [2.45, 2.75) is 39.3 Å². The Morgan fingerprint density at radius 1 is 1.08 bits per heavy atom. The molecule has 0 aromatic heterocycles. The number of nitrogens with zero attached hydrogens (tertiary/aromatic N) is 4. The third-order valence-corrected chi connectivity index (χ3v) is 7.82. The summed E-state index contributed by atoms with van der Waals surface area (Å²) in [5, 5.41) is 13.3. The number of rotatable bonds is 7. The second-order valence-electron chi connectivity index (χ2n) is 9.85. The normalized spacial score (nSPS) is 16.3. The second-order valence-corrected chi connectivity index (χ2v) is 10.8. The summed E-state index contributed by atoms with van der Waals surface area (Å²) >= 11 is 3.53. The summed E-state index contributed by atoms with van der Waals surface area (Å²) in [6.45, 7) is 5.92. The number of ether oxygens (including phenoxy) is 1. The molecule has 0 aliphatic carbocycles. The first-order valence-electron chi connectivity index (χ1n) is 13.3. The molecule has 204 valence electrons. The molecule has 2 amide bonds. The van der Waals surface area contributed by atoms with Gasteiger partial charge in [0.1, 0.15) is 5.75 Å². The van der Waals surface area contributed by atoms with E-state index in [2.05, 4.69) is 80.7 Å². The lowest BCUT2D eigenvalue weighted by Crippen LogP contribution is -2.52. The van der Waals surface area contributed by atoms with Crippen molar-refractivity contribution in [2.24, 2.45) is 5.10 Å². The van der Waals surface area contributed by atoms with Gasteiger partial charge in [0.05, 0.1) is 50.0 Å². The molecule has 1 atom stereocenters. The van der Waals surface area contributed by atoms with Gasteiger partial charge in [0.2, 0.25) is 0 Å². The van der Waals surface area contributed by atoms with Gasteiger partial charge in [-0.05, 0) is 53.8 Å². The fourth-order valence-corrected chi connectivity index (χ4v) is 5.65. The van der Waals surface area contributed by atoms with Crippen LogP contribution in [0.3, 0.4) is 0 Å². The van der Waals surface area contributed by atoms with Crippen LogP contribution in [0, 0.1) is 0 Å². The van der Waals surface area contributed by atoms with Crippen molar-refractivity contribution in [2.75, 3.05) is 42.9 Å². The highest BCUT2D eigenvalue weighted by Gasteiger charge is 2.34. The highest BCUT2D eigenvalue weighted by atomic mass is 79.9. The Hall–Kier alpha value is -3.72. The number of hydrogen-bond donors (Lipinski definition) is 2. The van der Waals surface area contributed by atoms with Gasteiger partial charge in [-0.3, -0.25) is 5.01 Å². The maximum absolute atomic E-state index is 13.7. The van der Waals surface area contributed by atoms with Gasteiger partial charge >= 0.3 is 6.03 Å². The molecule has 2 aliphatic heterocycles. The third kappa shape index (κ3) is 5.54. The fraction of sp³-hybridized carbons (Fsp3) is 0.333. The Morgan fingerprint density at radius 3 is 2.49 bits per heavy atom. The molecule has 3 aromatic rings. The maximum atomic E-state index is 13.7. The molecule has 2 heterocycles. The van der Waals surface area contributed by atoms with E-state index >= 15 is 0 Å². The fourth-order valence-electron chi connectivity index (χ4n) is 5.31. The van der Waals surface area contributed by atoms with E-state index in [9.17, 15) is 4.79 Å². The summed E-state index contributed by atoms with van der Waals surface area (Å²) in [5.41, 5.74) is 7.20.